The van der Waals surface area contributed by atoms with Gasteiger partial charge >= 0.3 is 0 Å². The molecule has 1 aliphatic heterocycles. The van der Waals surface area contributed by atoms with Gasteiger partial charge in [0.25, 0.3) is 0 Å². The van der Waals surface area contributed by atoms with E-state index in [-0.39, 0.29) is 0 Å². The molecule has 20 heavy (non-hydrogen) atoms. The second-order valence-electron chi connectivity index (χ2n) is 7.22. The van der Waals surface area contributed by atoms with E-state index in [1.807, 2.05) is 0 Å². The van der Waals surface area contributed by atoms with Gasteiger partial charge in [0.15, 0.2) is 0 Å². The van der Waals surface area contributed by atoms with Gasteiger partial charge in [0.1, 0.15) is 0 Å². The van der Waals surface area contributed by atoms with Crippen LogP contribution in [0.5, 0.6) is 0 Å². The molecule has 1 fully saturated rings. The Balaban J connectivity index is 2.55. The first-order chi connectivity index (χ1) is 9.55. The second kappa shape index (κ2) is 9.04. The minimum Gasteiger partial charge on any atom is -0.314 e. The third-order valence-corrected chi connectivity index (χ3v) is 5.46. The van der Waals surface area contributed by atoms with Crippen LogP contribution in [-0.4, -0.2) is 37.1 Å². The van der Waals surface area contributed by atoms with Crippen molar-refractivity contribution in [1.29, 1.82) is 0 Å². The predicted octanol–water partition coefficient (Wildman–Crippen LogP) is 4.30. The van der Waals surface area contributed by atoms with Crippen LogP contribution in [0.25, 0.3) is 0 Å². The minimum atomic E-state index is 0.469. The minimum absolute atomic E-state index is 0.469. The Labute approximate surface area is 127 Å². The maximum Gasteiger partial charge on any atom is 0.00499 e. The summed E-state index contributed by atoms with van der Waals surface area (Å²) < 4.78 is 0. The highest BCUT2D eigenvalue weighted by atomic mass is 15.1. The molecule has 0 aromatic rings. The smallest absolute Gasteiger partial charge is 0.00499 e. The fraction of sp³-hybridized carbons (Fsp3) is 1.00. The Morgan fingerprint density at radius 2 is 1.80 bits per heavy atom. The van der Waals surface area contributed by atoms with Gasteiger partial charge < -0.3 is 10.2 Å². The van der Waals surface area contributed by atoms with Crippen molar-refractivity contribution in [2.24, 2.45) is 11.3 Å². The highest BCUT2D eigenvalue weighted by molar-refractivity contribution is 4.84. The van der Waals surface area contributed by atoms with E-state index in [1.165, 1.54) is 64.7 Å². The first kappa shape index (κ1) is 18.0. The predicted molar refractivity (Wildman–Crippen MR) is 90.2 cm³/mol. The molecule has 1 atom stereocenters. The van der Waals surface area contributed by atoms with Crippen molar-refractivity contribution in [2.75, 3.05) is 26.2 Å². The van der Waals surface area contributed by atoms with Crippen molar-refractivity contribution >= 4 is 0 Å². The van der Waals surface area contributed by atoms with Crippen molar-refractivity contribution in [3.05, 3.63) is 0 Å². The Bertz CT molecular complexity index is 246. The lowest BCUT2D eigenvalue weighted by molar-refractivity contribution is 0.134. The van der Waals surface area contributed by atoms with Crippen molar-refractivity contribution < 1.29 is 0 Å². The number of likely N-dealkylation sites (tertiary alicyclic amines) is 1. The van der Waals surface area contributed by atoms with Crippen LogP contribution in [-0.2, 0) is 0 Å². The molecule has 120 valence electrons. The average Bonchev–Trinajstić information content (AvgIpc) is 2.68. The highest BCUT2D eigenvalue weighted by Gasteiger charge is 2.29. The van der Waals surface area contributed by atoms with Gasteiger partial charge in [-0.2, -0.15) is 0 Å². The topological polar surface area (TPSA) is 15.3 Å². The summed E-state index contributed by atoms with van der Waals surface area (Å²) in [5, 5.41) is 3.69. The molecule has 0 aromatic carbocycles. The normalized spacial score (nSPS) is 22.2. The molecule has 1 saturated heterocycles. The summed E-state index contributed by atoms with van der Waals surface area (Å²) in [7, 11) is 0. The maximum absolute atomic E-state index is 3.69. The lowest BCUT2D eigenvalue weighted by Crippen LogP contribution is -2.45. The third kappa shape index (κ3) is 5.73. The van der Waals surface area contributed by atoms with Gasteiger partial charge in [0, 0.05) is 19.1 Å². The van der Waals surface area contributed by atoms with Crippen molar-refractivity contribution in [1.82, 2.24) is 10.2 Å². The van der Waals surface area contributed by atoms with Crippen LogP contribution in [0, 0.1) is 11.3 Å². The monoisotopic (exact) mass is 282 g/mol. The van der Waals surface area contributed by atoms with Gasteiger partial charge in [0.2, 0.25) is 0 Å². The summed E-state index contributed by atoms with van der Waals surface area (Å²) >= 11 is 0. The fourth-order valence-electron chi connectivity index (χ4n) is 3.47. The lowest BCUT2D eigenvalue weighted by Gasteiger charge is -2.38. The molecular formula is C18H38N2. The summed E-state index contributed by atoms with van der Waals surface area (Å²) in [6.07, 6.45) is 8.21. The van der Waals surface area contributed by atoms with E-state index in [2.05, 4.69) is 44.8 Å². The van der Waals surface area contributed by atoms with Crippen molar-refractivity contribution in [2.45, 2.75) is 79.2 Å². The molecule has 2 heteroatoms. The van der Waals surface area contributed by atoms with Gasteiger partial charge in [-0.25, -0.2) is 0 Å². The summed E-state index contributed by atoms with van der Waals surface area (Å²) in [4.78, 5) is 2.75. The molecule has 1 unspecified atom stereocenters. The van der Waals surface area contributed by atoms with E-state index < -0.39 is 0 Å². The Hall–Kier alpha value is -0.0800. The molecule has 0 amide bonds. The van der Waals surface area contributed by atoms with Crippen molar-refractivity contribution in [3.8, 4) is 0 Å². The summed E-state index contributed by atoms with van der Waals surface area (Å²) in [6, 6.07) is 0.598. The quantitative estimate of drug-likeness (QED) is 0.714. The van der Waals surface area contributed by atoms with Gasteiger partial charge in [-0.05, 0) is 56.5 Å². The standard InChI is InChI=1S/C18H38N2/c1-6-17-10-9-12-20(13-11-17)15-18(7-2,8-3)14-19-16(4)5/h16-17,19H,6-15H2,1-5H3. The van der Waals surface area contributed by atoms with E-state index in [0.29, 0.717) is 11.5 Å². The number of hydrogen-bond acceptors (Lipinski definition) is 2. The van der Waals surface area contributed by atoms with Gasteiger partial charge in [-0.15, -0.1) is 0 Å². The Morgan fingerprint density at radius 1 is 1.10 bits per heavy atom. The van der Waals surface area contributed by atoms with Gasteiger partial charge in [-0.1, -0.05) is 41.0 Å². The SMILES string of the molecule is CCC1CCCN(CC(CC)(CC)CNC(C)C)CC1. The van der Waals surface area contributed by atoms with Gasteiger partial charge in [0.05, 0.1) is 0 Å². The number of nitrogens with zero attached hydrogens (tertiary/aromatic N) is 1. The first-order valence-corrected chi connectivity index (χ1v) is 9.01. The molecule has 0 aromatic heterocycles. The van der Waals surface area contributed by atoms with Crippen LogP contribution >= 0.6 is 0 Å². The van der Waals surface area contributed by atoms with E-state index in [1.54, 1.807) is 0 Å². The fourth-order valence-corrected chi connectivity index (χ4v) is 3.47. The zero-order valence-corrected chi connectivity index (χ0v) is 14.7. The zero-order chi connectivity index (χ0) is 15.0. The lowest BCUT2D eigenvalue weighted by atomic mass is 9.81. The van der Waals surface area contributed by atoms with Crippen LogP contribution in [0.15, 0.2) is 0 Å². The number of nitrogens with one attached hydrogen (secondary N) is 1. The Kier molecular flexibility index (Phi) is 8.13. The molecule has 1 N–H and O–H groups in total. The van der Waals surface area contributed by atoms with E-state index >= 15 is 0 Å². The van der Waals surface area contributed by atoms with Crippen LogP contribution in [0.3, 0.4) is 0 Å². The Morgan fingerprint density at radius 3 is 2.35 bits per heavy atom. The molecule has 1 heterocycles. The zero-order valence-electron chi connectivity index (χ0n) is 14.7. The van der Waals surface area contributed by atoms with Crippen molar-refractivity contribution in [3.63, 3.8) is 0 Å². The number of rotatable bonds is 8. The van der Waals surface area contributed by atoms with E-state index in [0.717, 1.165) is 5.92 Å². The molecule has 0 aliphatic carbocycles. The molecule has 0 radical (unpaired) electrons. The summed E-state index contributed by atoms with van der Waals surface area (Å²) in [6.45, 7) is 16.7. The second-order valence-corrected chi connectivity index (χ2v) is 7.22. The molecule has 0 saturated carbocycles. The van der Waals surface area contributed by atoms with Crippen LogP contribution < -0.4 is 5.32 Å². The number of hydrogen-bond donors (Lipinski definition) is 1. The van der Waals surface area contributed by atoms with Gasteiger partial charge in [-0.3, -0.25) is 0 Å². The molecule has 0 bridgehead atoms. The average molecular weight is 283 g/mol. The van der Waals surface area contributed by atoms with Crippen LogP contribution in [0.2, 0.25) is 0 Å². The van der Waals surface area contributed by atoms with Crippen LogP contribution in [0.4, 0.5) is 0 Å². The largest absolute Gasteiger partial charge is 0.314 e. The van der Waals surface area contributed by atoms with Crippen LogP contribution in [0.1, 0.15) is 73.1 Å². The molecule has 1 aliphatic rings. The molecule has 1 rings (SSSR count). The van der Waals surface area contributed by atoms with E-state index in [9.17, 15) is 0 Å². The molecular weight excluding hydrogens is 244 g/mol. The first-order valence-electron chi connectivity index (χ1n) is 9.01. The highest BCUT2D eigenvalue weighted by Crippen LogP contribution is 2.29. The summed E-state index contributed by atoms with van der Waals surface area (Å²) in [5.41, 5.74) is 0.469. The molecule has 0 spiro atoms. The molecule has 2 nitrogen and oxygen atoms in total. The maximum atomic E-state index is 3.69. The third-order valence-electron chi connectivity index (χ3n) is 5.46. The summed E-state index contributed by atoms with van der Waals surface area (Å²) in [5.74, 6) is 0.978. The van der Waals surface area contributed by atoms with E-state index in [4.69, 9.17) is 0 Å².